The van der Waals surface area contributed by atoms with Crippen LogP contribution in [0.3, 0.4) is 0 Å². The minimum Gasteiger partial charge on any atom is -0.497 e. The molecule has 1 fully saturated rings. The first-order chi connectivity index (χ1) is 15.6. The van der Waals surface area contributed by atoms with Crippen LogP contribution in [0.4, 0.5) is 0 Å². The lowest BCUT2D eigenvalue weighted by atomic mass is 10.0. The van der Waals surface area contributed by atoms with Gasteiger partial charge in [0.05, 0.1) is 24.7 Å². The zero-order valence-corrected chi connectivity index (χ0v) is 19.3. The first-order valence-electron chi connectivity index (χ1n) is 10.6. The van der Waals surface area contributed by atoms with Crippen LogP contribution >= 0.6 is 22.9 Å². The summed E-state index contributed by atoms with van der Waals surface area (Å²) < 4.78 is 5.39. The highest BCUT2D eigenvalue weighted by molar-refractivity contribution is 7.08. The summed E-state index contributed by atoms with van der Waals surface area (Å²) in [6, 6.07) is 18.1. The van der Waals surface area contributed by atoms with Gasteiger partial charge in [0, 0.05) is 34.6 Å². The number of hydrogen-bond donors (Lipinski definition) is 0. The van der Waals surface area contributed by atoms with E-state index in [1.54, 1.807) is 18.4 Å². The van der Waals surface area contributed by atoms with Crippen molar-refractivity contribution >= 4 is 39.7 Å². The van der Waals surface area contributed by atoms with E-state index in [9.17, 15) is 4.79 Å². The van der Waals surface area contributed by atoms with Crippen LogP contribution < -0.4 is 4.74 Å². The summed E-state index contributed by atoms with van der Waals surface area (Å²) in [6.07, 6.45) is 2.56. The number of benzene rings is 2. The van der Waals surface area contributed by atoms with Crippen molar-refractivity contribution in [1.29, 1.82) is 0 Å². The molecule has 1 aliphatic carbocycles. The maximum atomic E-state index is 13.2. The molecule has 5 rings (SSSR count). The average molecular weight is 463 g/mol. The summed E-state index contributed by atoms with van der Waals surface area (Å²) >= 11 is 7.75. The SMILES string of the molecule is COc1ccc2cc(CN(C(=O)Cc3ccsc3)C3CC3)c(-c3ccc(Cl)cc3)nc2c1. The Labute approximate surface area is 196 Å². The molecule has 1 amide bonds. The molecule has 2 aromatic carbocycles. The van der Waals surface area contributed by atoms with Crippen LogP contribution in [0.15, 0.2) is 65.4 Å². The molecular weight excluding hydrogens is 440 g/mol. The Hall–Kier alpha value is -2.89. The van der Waals surface area contributed by atoms with Crippen LogP contribution in [0, 0.1) is 0 Å². The number of fused-ring (bicyclic) bond motifs is 1. The average Bonchev–Trinajstić information content (AvgIpc) is 3.52. The Kier molecular flexibility index (Phi) is 5.85. The van der Waals surface area contributed by atoms with Crippen LogP contribution in [0.2, 0.25) is 5.02 Å². The van der Waals surface area contributed by atoms with Crippen LogP contribution in [-0.2, 0) is 17.8 Å². The highest BCUT2D eigenvalue weighted by atomic mass is 35.5. The molecule has 2 heterocycles. The van der Waals surface area contributed by atoms with Crippen LogP contribution in [0.1, 0.15) is 24.0 Å². The second kappa shape index (κ2) is 8.93. The minimum absolute atomic E-state index is 0.169. The van der Waals surface area contributed by atoms with Crippen molar-refractivity contribution in [2.75, 3.05) is 7.11 Å². The van der Waals surface area contributed by atoms with Gasteiger partial charge in [-0.15, -0.1) is 0 Å². The van der Waals surface area contributed by atoms with Crippen molar-refractivity contribution in [3.05, 3.63) is 81.5 Å². The number of nitrogens with zero attached hydrogens (tertiary/aromatic N) is 2. The van der Waals surface area contributed by atoms with Gasteiger partial charge in [-0.05, 0) is 71.1 Å². The highest BCUT2D eigenvalue weighted by Crippen LogP contribution is 2.33. The zero-order chi connectivity index (χ0) is 22.1. The molecule has 4 aromatic rings. The van der Waals surface area contributed by atoms with Gasteiger partial charge in [0.1, 0.15) is 5.75 Å². The first kappa shape index (κ1) is 21.0. The van der Waals surface area contributed by atoms with Gasteiger partial charge < -0.3 is 9.64 Å². The lowest BCUT2D eigenvalue weighted by molar-refractivity contribution is -0.131. The number of amides is 1. The maximum Gasteiger partial charge on any atom is 0.227 e. The molecule has 162 valence electrons. The fourth-order valence-corrected chi connectivity index (χ4v) is 4.75. The molecule has 6 heteroatoms. The van der Waals surface area contributed by atoms with E-state index in [2.05, 4.69) is 6.07 Å². The molecule has 0 bridgehead atoms. The van der Waals surface area contributed by atoms with Gasteiger partial charge in [-0.25, -0.2) is 4.98 Å². The molecular formula is C26H23ClN2O2S. The third-order valence-electron chi connectivity index (χ3n) is 5.81. The number of hydrogen-bond acceptors (Lipinski definition) is 4. The van der Waals surface area contributed by atoms with E-state index >= 15 is 0 Å². The summed E-state index contributed by atoms with van der Waals surface area (Å²) in [5, 5.41) is 5.78. The standard InChI is InChI=1S/C26H23ClN2O2S/c1-31-23-9-4-19-13-20(26(28-24(19)14-23)18-2-5-21(27)6-3-18)15-29(22-7-8-22)25(30)12-17-10-11-32-16-17/h2-6,9-11,13-14,16,22H,7-8,12,15H2,1H3. The lowest BCUT2D eigenvalue weighted by Gasteiger charge is -2.24. The van der Waals surface area contributed by atoms with E-state index in [-0.39, 0.29) is 5.91 Å². The van der Waals surface area contributed by atoms with E-state index < -0.39 is 0 Å². The summed E-state index contributed by atoms with van der Waals surface area (Å²) in [7, 11) is 1.66. The molecule has 1 aliphatic rings. The number of ether oxygens (including phenoxy) is 1. The number of methoxy groups -OCH3 is 1. The highest BCUT2D eigenvalue weighted by Gasteiger charge is 2.33. The molecule has 0 aliphatic heterocycles. The van der Waals surface area contributed by atoms with Crippen molar-refractivity contribution in [1.82, 2.24) is 9.88 Å². The summed E-state index contributed by atoms with van der Waals surface area (Å²) in [5.74, 6) is 0.938. The quantitative estimate of drug-likeness (QED) is 0.321. The summed E-state index contributed by atoms with van der Waals surface area (Å²) in [4.78, 5) is 20.2. The lowest BCUT2D eigenvalue weighted by Crippen LogP contribution is -2.34. The predicted molar refractivity (Wildman–Crippen MR) is 130 cm³/mol. The molecule has 0 radical (unpaired) electrons. The van der Waals surface area contributed by atoms with E-state index in [0.29, 0.717) is 24.0 Å². The van der Waals surface area contributed by atoms with Crippen molar-refractivity contribution in [2.45, 2.75) is 31.8 Å². The molecule has 0 atom stereocenters. The van der Waals surface area contributed by atoms with Crippen molar-refractivity contribution in [3.63, 3.8) is 0 Å². The van der Waals surface area contributed by atoms with Gasteiger partial charge in [0.25, 0.3) is 0 Å². The first-order valence-corrected chi connectivity index (χ1v) is 12.0. The smallest absolute Gasteiger partial charge is 0.227 e. The molecule has 4 nitrogen and oxygen atoms in total. The summed E-state index contributed by atoms with van der Waals surface area (Å²) in [6.45, 7) is 0.542. The van der Waals surface area contributed by atoms with Gasteiger partial charge in [-0.2, -0.15) is 11.3 Å². The molecule has 2 aromatic heterocycles. The number of rotatable bonds is 7. The van der Waals surface area contributed by atoms with E-state index in [1.165, 1.54) is 0 Å². The molecule has 0 N–H and O–H groups in total. The van der Waals surface area contributed by atoms with E-state index in [1.807, 2.05) is 64.2 Å². The Balaban J connectivity index is 1.55. The van der Waals surface area contributed by atoms with Gasteiger partial charge in [-0.3, -0.25) is 4.79 Å². The van der Waals surface area contributed by atoms with E-state index in [0.717, 1.165) is 51.9 Å². The van der Waals surface area contributed by atoms with Gasteiger partial charge in [0.2, 0.25) is 5.91 Å². The number of carbonyl (C=O) groups is 1. The maximum absolute atomic E-state index is 13.2. The topological polar surface area (TPSA) is 42.4 Å². The fourth-order valence-electron chi connectivity index (χ4n) is 3.96. The zero-order valence-electron chi connectivity index (χ0n) is 17.8. The number of aromatic nitrogens is 1. The van der Waals surface area contributed by atoms with Crippen molar-refractivity contribution < 1.29 is 9.53 Å². The van der Waals surface area contributed by atoms with Gasteiger partial charge >= 0.3 is 0 Å². The molecule has 0 unspecified atom stereocenters. The summed E-state index contributed by atoms with van der Waals surface area (Å²) in [5.41, 5.74) is 4.83. The van der Waals surface area contributed by atoms with Gasteiger partial charge in [0.15, 0.2) is 0 Å². The number of halogens is 1. The Morgan fingerprint density at radius 1 is 1.16 bits per heavy atom. The third kappa shape index (κ3) is 4.50. The van der Waals surface area contributed by atoms with Crippen molar-refractivity contribution in [3.8, 4) is 17.0 Å². The Morgan fingerprint density at radius 2 is 1.97 bits per heavy atom. The van der Waals surface area contributed by atoms with Crippen molar-refractivity contribution in [2.24, 2.45) is 0 Å². The van der Waals surface area contributed by atoms with E-state index in [4.69, 9.17) is 21.3 Å². The van der Waals surface area contributed by atoms with Gasteiger partial charge in [-0.1, -0.05) is 23.7 Å². The van der Waals surface area contributed by atoms with Crippen LogP contribution in [-0.4, -0.2) is 28.9 Å². The number of thiophene rings is 1. The second-order valence-electron chi connectivity index (χ2n) is 8.12. The largest absolute Gasteiger partial charge is 0.497 e. The third-order valence-corrected chi connectivity index (χ3v) is 6.79. The number of pyridine rings is 1. The Bertz CT molecular complexity index is 1250. The molecule has 0 spiro atoms. The Morgan fingerprint density at radius 3 is 2.66 bits per heavy atom. The predicted octanol–water partition coefficient (Wildman–Crippen LogP) is 6.36. The molecule has 1 saturated carbocycles. The monoisotopic (exact) mass is 462 g/mol. The molecule has 32 heavy (non-hydrogen) atoms. The second-order valence-corrected chi connectivity index (χ2v) is 9.34. The normalized spacial score (nSPS) is 13.3. The van der Waals surface area contributed by atoms with Crippen LogP contribution in [0.5, 0.6) is 5.75 Å². The van der Waals surface area contributed by atoms with Crippen LogP contribution in [0.25, 0.3) is 22.2 Å². The fraction of sp³-hybridized carbons (Fsp3) is 0.231. The molecule has 0 saturated heterocycles. The number of carbonyl (C=O) groups excluding carboxylic acids is 1. The minimum atomic E-state index is 0.169.